The van der Waals surface area contributed by atoms with Crippen LogP contribution in [-0.2, 0) is 16.4 Å². The van der Waals surface area contributed by atoms with Crippen LogP contribution in [0.15, 0.2) is 52.1 Å². The van der Waals surface area contributed by atoms with Gasteiger partial charge < -0.3 is 9.32 Å². The summed E-state index contributed by atoms with van der Waals surface area (Å²) in [6.07, 6.45) is 4.10. The fourth-order valence-corrected chi connectivity index (χ4v) is 4.48. The maximum Gasteiger partial charge on any atom is 0.295 e. The van der Waals surface area contributed by atoms with Gasteiger partial charge in [-0.15, -0.1) is 0 Å². The largest absolute Gasteiger partial charge is 0.441 e. The average molecular weight is 414 g/mol. The molecular weight excluding hydrogens is 392 g/mol. The van der Waals surface area contributed by atoms with Crippen molar-refractivity contribution in [3.63, 3.8) is 0 Å². The van der Waals surface area contributed by atoms with Gasteiger partial charge in [0.2, 0.25) is 5.09 Å². The van der Waals surface area contributed by atoms with Crippen LogP contribution in [0.25, 0.3) is 11.5 Å². The fraction of sp³-hybridized carbons (Fsp3) is 0.300. The van der Waals surface area contributed by atoms with E-state index in [2.05, 4.69) is 14.9 Å². The van der Waals surface area contributed by atoms with E-state index in [1.54, 1.807) is 17.0 Å². The molecule has 152 valence electrons. The summed E-state index contributed by atoms with van der Waals surface area (Å²) in [6.45, 7) is 3.37. The van der Waals surface area contributed by atoms with Crippen molar-refractivity contribution in [3.8, 4) is 11.5 Å². The number of hydrogen-bond donors (Lipinski definition) is 2. The number of amides is 1. The molecule has 8 nitrogen and oxygen atoms in total. The molecule has 9 heteroatoms. The maximum absolute atomic E-state index is 12.8. The number of furan rings is 1. The molecule has 29 heavy (non-hydrogen) atoms. The van der Waals surface area contributed by atoms with E-state index in [1.807, 2.05) is 19.1 Å². The first-order valence-corrected chi connectivity index (χ1v) is 11.0. The van der Waals surface area contributed by atoms with Crippen LogP contribution in [-0.4, -0.2) is 42.5 Å². The Hall–Kier alpha value is -3.07. The molecule has 0 aliphatic carbocycles. The average Bonchev–Trinajstić information content (AvgIpc) is 3.48. The van der Waals surface area contributed by atoms with Gasteiger partial charge in [0.15, 0.2) is 5.76 Å². The molecule has 3 heterocycles. The molecular formula is C20H22N4O4S. The summed E-state index contributed by atoms with van der Waals surface area (Å²) in [7, 11) is -3.91. The second-order valence-corrected chi connectivity index (χ2v) is 8.51. The Balaban J connectivity index is 1.60. The monoisotopic (exact) mass is 414 g/mol. The lowest BCUT2D eigenvalue weighted by molar-refractivity contribution is 0.0793. The third-order valence-electron chi connectivity index (χ3n) is 5.00. The third kappa shape index (κ3) is 3.77. The van der Waals surface area contributed by atoms with E-state index in [0.717, 1.165) is 18.4 Å². The summed E-state index contributed by atoms with van der Waals surface area (Å²) in [5.74, 6) is 0.108. The van der Waals surface area contributed by atoms with Crippen LogP contribution in [0.2, 0.25) is 0 Å². The number of hydrogen-bond acceptors (Lipinski definition) is 5. The van der Waals surface area contributed by atoms with Crippen molar-refractivity contribution in [2.24, 2.45) is 0 Å². The fourth-order valence-electron chi connectivity index (χ4n) is 3.45. The van der Waals surface area contributed by atoms with E-state index >= 15 is 0 Å². The molecule has 0 atom stereocenters. The lowest BCUT2D eigenvalue weighted by Gasteiger charge is -2.14. The molecule has 2 N–H and O–H groups in total. The number of H-pyrrole nitrogens is 1. The number of aromatic nitrogens is 2. The SMILES string of the molecule is CCc1ccccc1NS(=O)(=O)c1ccc(-c2[nH]ncc2C(=O)N2CCCC2)o1. The lowest BCUT2D eigenvalue weighted by atomic mass is 10.1. The Labute approximate surface area is 169 Å². The van der Waals surface area contributed by atoms with Gasteiger partial charge in [0.25, 0.3) is 15.9 Å². The molecule has 1 saturated heterocycles. The zero-order valence-corrected chi connectivity index (χ0v) is 16.8. The number of likely N-dealkylation sites (tertiary alicyclic amines) is 1. The zero-order chi connectivity index (χ0) is 20.4. The highest BCUT2D eigenvalue weighted by atomic mass is 32.2. The normalized spacial score (nSPS) is 14.3. The van der Waals surface area contributed by atoms with Gasteiger partial charge in [-0.25, -0.2) is 0 Å². The molecule has 0 saturated carbocycles. The number of anilines is 1. The molecule has 1 aliphatic heterocycles. The van der Waals surface area contributed by atoms with Crippen LogP contribution in [0.1, 0.15) is 35.7 Å². The number of nitrogens with one attached hydrogen (secondary N) is 2. The van der Waals surface area contributed by atoms with Crippen molar-refractivity contribution in [2.75, 3.05) is 17.8 Å². The van der Waals surface area contributed by atoms with Crippen molar-refractivity contribution >= 4 is 21.6 Å². The molecule has 0 radical (unpaired) electrons. The van der Waals surface area contributed by atoms with E-state index < -0.39 is 10.0 Å². The summed E-state index contributed by atoms with van der Waals surface area (Å²) < 4.78 is 33.7. The molecule has 1 aliphatic rings. The van der Waals surface area contributed by atoms with Gasteiger partial charge in [-0.1, -0.05) is 25.1 Å². The Morgan fingerprint density at radius 1 is 1.21 bits per heavy atom. The predicted octanol–water partition coefficient (Wildman–Crippen LogP) is 3.27. The van der Waals surface area contributed by atoms with E-state index in [0.29, 0.717) is 36.5 Å². The highest BCUT2D eigenvalue weighted by Crippen LogP contribution is 2.28. The maximum atomic E-state index is 12.8. The number of nitrogens with zero attached hydrogens (tertiary/aromatic N) is 2. The summed E-state index contributed by atoms with van der Waals surface area (Å²) >= 11 is 0. The minimum atomic E-state index is -3.91. The van der Waals surface area contributed by atoms with E-state index in [-0.39, 0.29) is 16.8 Å². The van der Waals surface area contributed by atoms with Crippen LogP contribution >= 0.6 is 0 Å². The van der Waals surface area contributed by atoms with Gasteiger partial charge in [0.05, 0.1) is 17.4 Å². The number of aryl methyl sites for hydroxylation is 1. The molecule has 1 amide bonds. The molecule has 0 unspecified atom stereocenters. The van der Waals surface area contributed by atoms with E-state index in [1.165, 1.54) is 18.3 Å². The Morgan fingerprint density at radius 3 is 2.72 bits per heavy atom. The van der Waals surface area contributed by atoms with Crippen molar-refractivity contribution in [1.29, 1.82) is 0 Å². The number of aromatic amines is 1. The van der Waals surface area contributed by atoms with E-state index in [4.69, 9.17) is 4.42 Å². The first kappa shape index (κ1) is 19.3. The van der Waals surface area contributed by atoms with Crippen molar-refractivity contribution in [3.05, 3.63) is 53.7 Å². The molecule has 1 fully saturated rings. The first-order chi connectivity index (χ1) is 14.0. The summed E-state index contributed by atoms with van der Waals surface area (Å²) in [6, 6.07) is 10.1. The number of carbonyl (C=O) groups is 1. The summed E-state index contributed by atoms with van der Waals surface area (Å²) in [5.41, 5.74) is 2.14. The Morgan fingerprint density at radius 2 is 1.97 bits per heavy atom. The van der Waals surface area contributed by atoms with Crippen molar-refractivity contribution < 1.29 is 17.6 Å². The van der Waals surface area contributed by atoms with Gasteiger partial charge in [-0.2, -0.15) is 13.5 Å². The predicted molar refractivity (Wildman–Crippen MR) is 108 cm³/mol. The highest BCUT2D eigenvalue weighted by Gasteiger charge is 2.26. The van der Waals surface area contributed by atoms with Gasteiger partial charge >= 0.3 is 0 Å². The van der Waals surface area contributed by atoms with Crippen LogP contribution in [0.4, 0.5) is 5.69 Å². The third-order valence-corrected chi connectivity index (χ3v) is 6.24. The number of sulfonamides is 1. The first-order valence-electron chi connectivity index (χ1n) is 9.53. The minimum Gasteiger partial charge on any atom is -0.441 e. The zero-order valence-electron chi connectivity index (χ0n) is 16.0. The molecule has 3 aromatic rings. The standard InChI is InChI=1S/C20H22N4O4S/c1-2-14-7-3-4-8-16(14)23-29(26,27)18-10-9-17(28-18)19-15(13-21-22-19)20(25)24-11-5-6-12-24/h3-4,7-10,13,23H,2,5-6,11-12H2,1H3,(H,21,22). The van der Waals surface area contributed by atoms with Crippen LogP contribution in [0, 0.1) is 0 Å². The topological polar surface area (TPSA) is 108 Å². The minimum absolute atomic E-state index is 0.137. The molecule has 4 rings (SSSR count). The van der Waals surface area contributed by atoms with Gasteiger partial charge in [-0.05, 0) is 43.0 Å². The van der Waals surface area contributed by atoms with Crippen LogP contribution in [0.3, 0.4) is 0 Å². The number of para-hydroxylation sites is 1. The van der Waals surface area contributed by atoms with Crippen molar-refractivity contribution in [1.82, 2.24) is 15.1 Å². The summed E-state index contributed by atoms with van der Waals surface area (Å²) in [4.78, 5) is 14.5. The summed E-state index contributed by atoms with van der Waals surface area (Å²) in [5, 5.41) is 6.48. The quantitative estimate of drug-likeness (QED) is 0.644. The Kier molecular flexibility index (Phi) is 5.14. The second-order valence-electron chi connectivity index (χ2n) is 6.89. The molecule has 1 aromatic carbocycles. The molecule has 0 spiro atoms. The Bertz CT molecular complexity index is 1130. The highest BCUT2D eigenvalue weighted by molar-refractivity contribution is 7.92. The number of carbonyl (C=O) groups excluding carboxylic acids is 1. The smallest absolute Gasteiger partial charge is 0.295 e. The number of rotatable bonds is 6. The molecule has 0 bridgehead atoms. The van der Waals surface area contributed by atoms with Gasteiger partial charge in [0.1, 0.15) is 5.69 Å². The molecule has 2 aromatic heterocycles. The lowest BCUT2D eigenvalue weighted by Crippen LogP contribution is -2.27. The van der Waals surface area contributed by atoms with Crippen LogP contribution < -0.4 is 4.72 Å². The van der Waals surface area contributed by atoms with E-state index in [9.17, 15) is 13.2 Å². The van der Waals surface area contributed by atoms with Gasteiger partial charge in [0, 0.05) is 13.1 Å². The van der Waals surface area contributed by atoms with Crippen LogP contribution in [0.5, 0.6) is 0 Å². The van der Waals surface area contributed by atoms with Gasteiger partial charge in [-0.3, -0.25) is 14.6 Å². The number of benzene rings is 1. The van der Waals surface area contributed by atoms with Crippen molar-refractivity contribution in [2.45, 2.75) is 31.3 Å². The second kappa shape index (κ2) is 7.75.